The molecular weight excluding hydrogens is 817 g/mol. The molecule has 66 heavy (non-hydrogen) atoms. The maximum atomic E-state index is 12.8. The van der Waals surface area contributed by atoms with Gasteiger partial charge in [-0.1, -0.05) is 202 Å². The lowest BCUT2D eigenvalue weighted by Gasteiger charge is -2.18. The van der Waals surface area contributed by atoms with E-state index in [9.17, 15) is 14.4 Å². The molecule has 0 aromatic heterocycles. The summed E-state index contributed by atoms with van der Waals surface area (Å²) in [5.41, 5.74) is 0. The highest BCUT2D eigenvalue weighted by Crippen LogP contribution is 2.13. The van der Waals surface area contributed by atoms with Gasteiger partial charge in [0.1, 0.15) is 13.2 Å². The number of esters is 3. The number of carbonyl (C=O) groups is 3. The molecule has 0 unspecified atom stereocenters. The average molecular weight is 919 g/mol. The fourth-order valence-corrected chi connectivity index (χ4v) is 7.39. The highest BCUT2D eigenvalue weighted by Gasteiger charge is 2.19. The smallest absolute Gasteiger partial charge is 0.306 e. The van der Waals surface area contributed by atoms with Crippen LogP contribution in [-0.2, 0) is 28.6 Å². The molecule has 378 valence electrons. The van der Waals surface area contributed by atoms with Crippen LogP contribution in [0.25, 0.3) is 0 Å². The Hall–Kier alpha value is -3.41. The summed E-state index contributed by atoms with van der Waals surface area (Å²) in [5.74, 6) is -0.949. The van der Waals surface area contributed by atoms with Crippen LogP contribution >= 0.6 is 0 Å². The largest absolute Gasteiger partial charge is 0.462 e. The summed E-state index contributed by atoms with van der Waals surface area (Å²) in [6.45, 7) is 6.53. The van der Waals surface area contributed by atoms with Gasteiger partial charge in [0.15, 0.2) is 6.10 Å². The molecule has 0 radical (unpaired) electrons. The van der Waals surface area contributed by atoms with Gasteiger partial charge in [0.05, 0.1) is 0 Å². The first-order valence-electron chi connectivity index (χ1n) is 27.6. The van der Waals surface area contributed by atoms with Crippen molar-refractivity contribution in [2.45, 2.75) is 264 Å². The number of hydrogen-bond donors (Lipinski definition) is 0. The van der Waals surface area contributed by atoms with Crippen molar-refractivity contribution in [2.75, 3.05) is 13.2 Å². The monoisotopic (exact) mass is 919 g/mol. The first kappa shape index (κ1) is 62.6. The lowest BCUT2D eigenvalue weighted by molar-refractivity contribution is -0.167. The highest BCUT2D eigenvalue weighted by atomic mass is 16.6. The van der Waals surface area contributed by atoms with Crippen LogP contribution in [0, 0.1) is 0 Å². The van der Waals surface area contributed by atoms with E-state index in [4.69, 9.17) is 14.2 Å². The molecule has 0 amide bonds. The molecule has 0 aromatic carbocycles. The van der Waals surface area contributed by atoms with Crippen LogP contribution in [0.5, 0.6) is 0 Å². The summed E-state index contributed by atoms with van der Waals surface area (Å²) in [6.07, 6.45) is 69.9. The summed E-state index contributed by atoms with van der Waals surface area (Å²) >= 11 is 0. The highest BCUT2D eigenvalue weighted by molar-refractivity contribution is 5.71. The minimum atomic E-state index is -0.801. The van der Waals surface area contributed by atoms with Crippen molar-refractivity contribution in [3.05, 3.63) is 85.1 Å². The van der Waals surface area contributed by atoms with Crippen molar-refractivity contribution in [3.63, 3.8) is 0 Å². The van der Waals surface area contributed by atoms with Crippen LogP contribution in [0.1, 0.15) is 258 Å². The lowest BCUT2D eigenvalue weighted by Crippen LogP contribution is -2.30. The Morgan fingerprint density at radius 1 is 0.303 bits per heavy atom. The van der Waals surface area contributed by atoms with E-state index in [0.717, 1.165) is 116 Å². The number of unbranched alkanes of at least 4 members (excludes halogenated alkanes) is 24. The number of allylic oxidation sites excluding steroid dienone is 14. The van der Waals surface area contributed by atoms with E-state index >= 15 is 0 Å². The van der Waals surface area contributed by atoms with E-state index in [1.165, 1.54) is 103 Å². The maximum absolute atomic E-state index is 12.8. The van der Waals surface area contributed by atoms with Gasteiger partial charge in [-0.25, -0.2) is 0 Å². The predicted octanol–water partition coefficient (Wildman–Crippen LogP) is 18.4. The number of rotatable bonds is 49. The predicted molar refractivity (Wildman–Crippen MR) is 284 cm³/mol. The third-order valence-corrected chi connectivity index (χ3v) is 11.6. The molecule has 0 fully saturated rings. The topological polar surface area (TPSA) is 78.9 Å². The molecule has 0 bridgehead atoms. The Morgan fingerprint density at radius 3 is 0.909 bits per heavy atom. The summed E-state index contributed by atoms with van der Waals surface area (Å²) < 4.78 is 16.8. The third kappa shape index (κ3) is 51.6. The van der Waals surface area contributed by atoms with Crippen LogP contribution in [-0.4, -0.2) is 37.2 Å². The standard InChI is InChI=1S/C60H102O6/c1-4-7-10-13-16-19-22-25-28-29-30-31-33-35-38-41-44-47-50-53-59(62)65-56-57(55-64-58(61)52-49-46-43-40-37-34-27-24-21-18-15-12-9-6-3)66-60(63)54-51-48-45-42-39-36-32-26-23-20-17-14-11-8-5-2/h16-17,19-20,24-28,30-32,35,38,57H,4-15,18,21-23,29,33-34,36-37,39-56H2,1-3H3/b19-16-,20-17-,27-24-,28-25-,31-30-,32-26-,38-35-/t57-/m1/s1. The fraction of sp³-hybridized carbons (Fsp3) is 0.717. The summed E-state index contributed by atoms with van der Waals surface area (Å²) in [6, 6.07) is 0. The van der Waals surface area contributed by atoms with Crippen molar-refractivity contribution < 1.29 is 28.6 Å². The SMILES string of the molecule is CCCCC/C=C\C/C=C\C/C=C\C/C=C\CCCCCC(=O)OC[C@@H](COC(=O)CCCCCCC/C=C\CCCCCCC)OC(=O)CCCCCCC/C=C\C/C=C\CCCCC. The second-order valence-electron chi connectivity index (χ2n) is 18.1. The number of ether oxygens (including phenoxy) is 3. The second-order valence-corrected chi connectivity index (χ2v) is 18.1. The van der Waals surface area contributed by atoms with Crippen molar-refractivity contribution >= 4 is 17.9 Å². The van der Waals surface area contributed by atoms with Gasteiger partial charge in [-0.05, 0) is 122 Å². The Balaban J connectivity index is 4.48. The van der Waals surface area contributed by atoms with E-state index < -0.39 is 6.10 Å². The Kier molecular flexibility index (Phi) is 51.4. The Bertz CT molecular complexity index is 1290. The van der Waals surface area contributed by atoms with Crippen LogP contribution in [0.4, 0.5) is 0 Å². The maximum Gasteiger partial charge on any atom is 0.306 e. The number of hydrogen-bond acceptors (Lipinski definition) is 6. The summed E-state index contributed by atoms with van der Waals surface area (Å²) in [7, 11) is 0. The molecule has 0 spiro atoms. The van der Waals surface area contributed by atoms with E-state index in [1.807, 2.05) is 0 Å². The van der Waals surface area contributed by atoms with Gasteiger partial charge in [-0.2, -0.15) is 0 Å². The van der Waals surface area contributed by atoms with Gasteiger partial charge in [0.25, 0.3) is 0 Å². The van der Waals surface area contributed by atoms with Gasteiger partial charge < -0.3 is 14.2 Å². The fourth-order valence-electron chi connectivity index (χ4n) is 7.39. The van der Waals surface area contributed by atoms with Gasteiger partial charge >= 0.3 is 17.9 Å². The molecule has 0 aromatic rings. The molecule has 1 atom stereocenters. The molecular formula is C60H102O6. The zero-order valence-corrected chi connectivity index (χ0v) is 43.2. The third-order valence-electron chi connectivity index (χ3n) is 11.6. The molecule has 0 aliphatic heterocycles. The Morgan fingerprint density at radius 2 is 0.545 bits per heavy atom. The second kappa shape index (κ2) is 54.2. The van der Waals surface area contributed by atoms with Gasteiger partial charge in [0, 0.05) is 19.3 Å². The molecule has 0 N–H and O–H groups in total. The normalized spacial score (nSPS) is 12.7. The molecule has 0 aliphatic rings. The van der Waals surface area contributed by atoms with Gasteiger partial charge in [0.2, 0.25) is 0 Å². The van der Waals surface area contributed by atoms with E-state index in [0.29, 0.717) is 19.3 Å². The van der Waals surface area contributed by atoms with Crippen LogP contribution in [0.2, 0.25) is 0 Å². The molecule has 0 saturated carbocycles. The zero-order valence-electron chi connectivity index (χ0n) is 43.2. The first-order valence-corrected chi connectivity index (χ1v) is 27.6. The molecule has 0 heterocycles. The van der Waals surface area contributed by atoms with Crippen molar-refractivity contribution in [1.29, 1.82) is 0 Å². The average Bonchev–Trinajstić information content (AvgIpc) is 3.31. The zero-order chi connectivity index (χ0) is 47.9. The van der Waals surface area contributed by atoms with Crippen molar-refractivity contribution in [1.82, 2.24) is 0 Å². The van der Waals surface area contributed by atoms with E-state index in [-0.39, 0.29) is 31.1 Å². The van der Waals surface area contributed by atoms with Crippen LogP contribution < -0.4 is 0 Å². The molecule has 0 saturated heterocycles. The molecule has 6 nitrogen and oxygen atoms in total. The number of carbonyl (C=O) groups excluding carboxylic acids is 3. The minimum Gasteiger partial charge on any atom is -0.462 e. The molecule has 6 heteroatoms. The van der Waals surface area contributed by atoms with E-state index in [2.05, 4.69) is 106 Å². The van der Waals surface area contributed by atoms with Gasteiger partial charge in [-0.3, -0.25) is 14.4 Å². The van der Waals surface area contributed by atoms with Crippen LogP contribution in [0.3, 0.4) is 0 Å². The quantitative estimate of drug-likeness (QED) is 0.0262. The van der Waals surface area contributed by atoms with Crippen molar-refractivity contribution in [2.24, 2.45) is 0 Å². The molecule has 0 aliphatic carbocycles. The Labute approximate surface area is 407 Å². The van der Waals surface area contributed by atoms with Crippen molar-refractivity contribution in [3.8, 4) is 0 Å². The van der Waals surface area contributed by atoms with Gasteiger partial charge in [-0.15, -0.1) is 0 Å². The van der Waals surface area contributed by atoms with Crippen LogP contribution in [0.15, 0.2) is 85.1 Å². The summed E-state index contributed by atoms with van der Waals surface area (Å²) in [4.78, 5) is 38.1. The van der Waals surface area contributed by atoms with E-state index in [1.54, 1.807) is 0 Å². The first-order chi connectivity index (χ1) is 32.5. The minimum absolute atomic E-state index is 0.0972. The summed E-state index contributed by atoms with van der Waals surface area (Å²) in [5, 5.41) is 0. The molecule has 0 rings (SSSR count). The lowest BCUT2D eigenvalue weighted by atomic mass is 10.1.